The van der Waals surface area contributed by atoms with Crippen molar-refractivity contribution in [2.75, 3.05) is 27.1 Å². The highest BCUT2D eigenvalue weighted by molar-refractivity contribution is 6.58. The zero-order chi connectivity index (χ0) is 25.6. The number of nitrogen functional groups attached to an aromatic ring is 1. The average molecular weight is 489 g/mol. The molecule has 5 rings (SSSR count). The Morgan fingerprint density at radius 1 is 0.944 bits per heavy atom. The Morgan fingerprint density at radius 2 is 1.61 bits per heavy atom. The van der Waals surface area contributed by atoms with Gasteiger partial charge in [0.25, 0.3) is 0 Å². The Hall–Kier alpha value is -4.27. The molecule has 2 N–H and O–H groups in total. The maximum Gasteiger partial charge on any atom is 0.737 e. The van der Waals surface area contributed by atoms with Crippen molar-refractivity contribution in [2.45, 2.75) is 6.92 Å². The summed E-state index contributed by atoms with van der Waals surface area (Å²) in [4.78, 5) is 0. The molecule has 184 valence electrons. The van der Waals surface area contributed by atoms with E-state index in [2.05, 4.69) is 0 Å². The van der Waals surface area contributed by atoms with Gasteiger partial charge in [0, 0.05) is 29.2 Å². The van der Waals surface area contributed by atoms with Gasteiger partial charge in [-0.25, -0.2) is 0 Å². The Balaban J connectivity index is 1.67. The predicted octanol–water partition coefficient (Wildman–Crippen LogP) is 5.22. The Kier molecular flexibility index (Phi) is 5.70. The van der Waals surface area contributed by atoms with E-state index in [9.17, 15) is 0 Å². The van der Waals surface area contributed by atoms with Crippen molar-refractivity contribution in [2.24, 2.45) is 0 Å². The summed E-state index contributed by atoms with van der Waals surface area (Å²) >= 11 is 0. The number of anilines is 1. The molecule has 0 atom stereocenters. The highest BCUT2D eigenvalue weighted by Crippen LogP contribution is 2.42. The van der Waals surface area contributed by atoms with Crippen molar-refractivity contribution in [3.63, 3.8) is 0 Å². The normalized spacial score (nSPS) is 15.7. The fourth-order valence-corrected chi connectivity index (χ4v) is 4.90. The third-order valence-electron chi connectivity index (χ3n) is 6.51. The quantitative estimate of drug-likeness (QED) is 0.381. The van der Waals surface area contributed by atoms with Gasteiger partial charge in [-0.3, -0.25) is 0 Å². The van der Waals surface area contributed by atoms with Crippen LogP contribution in [-0.2, 0) is 0 Å². The number of aromatic nitrogens is 1. The summed E-state index contributed by atoms with van der Waals surface area (Å²) in [7, 11) is 4.59. The van der Waals surface area contributed by atoms with Crippen LogP contribution in [0.5, 0.6) is 17.2 Å². The molecule has 2 aliphatic heterocycles. The fraction of sp³-hybridized carbons (Fsp3) is 0.148. The second kappa shape index (κ2) is 8.75. The van der Waals surface area contributed by atoms with Crippen molar-refractivity contribution >= 4 is 36.6 Å². The molecule has 1 aromatic heterocycles. The number of halogens is 2. The Bertz CT molecular complexity index is 1460. The van der Waals surface area contributed by atoms with E-state index in [0.717, 1.165) is 25.7 Å². The first kappa shape index (κ1) is 23.5. The molecule has 36 heavy (non-hydrogen) atoms. The van der Waals surface area contributed by atoms with Crippen LogP contribution in [0.25, 0.3) is 17.7 Å². The van der Waals surface area contributed by atoms with Crippen LogP contribution >= 0.6 is 0 Å². The van der Waals surface area contributed by atoms with Crippen molar-refractivity contribution in [3.8, 4) is 17.2 Å². The molecule has 9 heteroatoms. The number of nitrogens with two attached hydrogens (primary N) is 1. The summed E-state index contributed by atoms with van der Waals surface area (Å²) in [6, 6.07) is 12.6. The standard InChI is InChI=1S/C27H26BF2N3O3/c1-17-14-21(12-7-18-15-23(34-2)27(36-4)24(16-18)35-3)33-26(17)25(19-8-10-20(31)11-9-19)22-6-5-13-32(22)28(33,29)30/h5-16H,31H2,1-4H3/b12-7+. The summed E-state index contributed by atoms with van der Waals surface area (Å²) in [6.45, 7) is -2.27. The van der Waals surface area contributed by atoms with E-state index in [-0.39, 0.29) is 0 Å². The number of allylic oxidation sites excluding steroid dienone is 2. The highest BCUT2D eigenvalue weighted by Gasteiger charge is 2.53. The Labute approximate surface area is 208 Å². The van der Waals surface area contributed by atoms with Crippen LogP contribution in [0.15, 0.2) is 60.3 Å². The van der Waals surface area contributed by atoms with E-state index in [1.165, 1.54) is 27.5 Å². The molecule has 3 heterocycles. The van der Waals surface area contributed by atoms with Gasteiger partial charge in [-0.1, -0.05) is 18.2 Å². The van der Waals surface area contributed by atoms with Crippen molar-refractivity contribution in [3.05, 3.63) is 88.4 Å². The number of fused-ring (bicyclic) bond motifs is 2. The highest BCUT2D eigenvalue weighted by atomic mass is 19.2. The smallest absolute Gasteiger partial charge is 0.493 e. The molecule has 0 saturated heterocycles. The number of rotatable bonds is 6. The van der Waals surface area contributed by atoms with Crippen LogP contribution < -0.4 is 19.9 Å². The van der Waals surface area contributed by atoms with Gasteiger partial charge in [0.1, 0.15) is 6.21 Å². The summed E-state index contributed by atoms with van der Waals surface area (Å²) in [5.41, 5.74) is 10.9. The number of hydrogen-bond donors (Lipinski definition) is 1. The number of benzene rings is 2. The average Bonchev–Trinajstić information content (AvgIpc) is 3.49. The van der Waals surface area contributed by atoms with Crippen LogP contribution in [-0.4, -0.2) is 43.5 Å². The van der Waals surface area contributed by atoms with Gasteiger partial charge in [-0.05, 0) is 60.0 Å². The maximum atomic E-state index is 16.0. The van der Waals surface area contributed by atoms with Crippen LogP contribution in [0, 0.1) is 6.92 Å². The fourth-order valence-electron chi connectivity index (χ4n) is 4.90. The van der Waals surface area contributed by atoms with Crippen LogP contribution in [0.4, 0.5) is 14.3 Å². The molecule has 3 aromatic rings. The van der Waals surface area contributed by atoms with Crippen molar-refractivity contribution < 1.29 is 27.3 Å². The molecule has 2 aromatic carbocycles. The minimum absolute atomic E-state index is 0.383. The second-order valence-electron chi connectivity index (χ2n) is 8.65. The molecule has 0 bridgehead atoms. The first-order chi connectivity index (χ1) is 17.3. The lowest BCUT2D eigenvalue weighted by Gasteiger charge is -2.32. The number of ether oxygens (including phenoxy) is 3. The molecule has 2 aliphatic rings. The maximum absolute atomic E-state index is 16.0. The minimum Gasteiger partial charge on any atom is -0.493 e. The lowest BCUT2D eigenvalue weighted by atomic mass is 9.85. The molecular weight excluding hydrogens is 463 g/mol. The number of nitrogens with zero attached hydrogens (tertiary/aromatic N) is 2. The van der Waals surface area contributed by atoms with Crippen LogP contribution in [0.1, 0.15) is 28.1 Å². The number of hydrogen-bond acceptors (Lipinski definition) is 4. The molecule has 0 aliphatic carbocycles. The van der Waals surface area contributed by atoms with Gasteiger partial charge in [0.15, 0.2) is 17.2 Å². The third-order valence-corrected chi connectivity index (χ3v) is 6.51. The number of aryl methyl sites for hydroxylation is 1. The van der Waals surface area contributed by atoms with E-state index in [0.29, 0.717) is 45.6 Å². The summed E-state index contributed by atoms with van der Waals surface area (Å²) in [5.74, 6) is 1.43. The van der Waals surface area contributed by atoms with Gasteiger partial charge in [-0.15, -0.1) is 0 Å². The monoisotopic (exact) mass is 489 g/mol. The lowest BCUT2D eigenvalue weighted by molar-refractivity contribution is -0.356. The van der Waals surface area contributed by atoms with E-state index in [1.807, 2.05) is 19.1 Å². The van der Waals surface area contributed by atoms with Gasteiger partial charge in [0.05, 0.1) is 26.9 Å². The zero-order valence-corrected chi connectivity index (χ0v) is 20.5. The van der Waals surface area contributed by atoms with Gasteiger partial charge < -0.3 is 37.5 Å². The minimum atomic E-state index is -4.12. The van der Waals surface area contributed by atoms with Gasteiger partial charge in [0.2, 0.25) is 5.75 Å². The summed E-state index contributed by atoms with van der Waals surface area (Å²) in [6.07, 6.45) is 8.24. The van der Waals surface area contributed by atoms with E-state index in [4.69, 9.17) is 19.9 Å². The van der Waals surface area contributed by atoms with E-state index >= 15 is 8.63 Å². The first-order valence-electron chi connectivity index (χ1n) is 11.4. The summed E-state index contributed by atoms with van der Waals surface area (Å²) < 4.78 is 50.4. The lowest BCUT2D eigenvalue weighted by Crippen LogP contribution is -2.50. The van der Waals surface area contributed by atoms with Gasteiger partial charge in [-0.2, -0.15) is 0 Å². The van der Waals surface area contributed by atoms with E-state index in [1.54, 1.807) is 54.6 Å². The van der Waals surface area contributed by atoms with E-state index < -0.39 is 6.97 Å². The largest absolute Gasteiger partial charge is 0.737 e. The van der Waals surface area contributed by atoms with Crippen LogP contribution in [0.2, 0.25) is 0 Å². The zero-order valence-electron chi connectivity index (χ0n) is 20.5. The second-order valence-corrected chi connectivity index (χ2v) is 8.65. The SMILES string of the molecule is COc1cc(/C=C/c2cc(C)c3n2[B-](F)(F)[N+]2=CC=CC2=C3c2ccc(N)cc2)cc(OC)c1OC. The van der Waals surface area contributed by atoms with Crippen molar-refractivity contribution in [1.82, 2.24) is 4.48 Å². The molecule has 0 amide bonds. The Morgan fingerprint density at radius 3 is 2.22 bits per heavy atom. The molecule has 0 radical (unpaired) electrons. The van der Waals surface area contributed by atoms with Crippen molar-refractivity contribution in [1.29, 1.82) is 0 Å². The van der Waals surface area contributed by atoms with Gasteiger partial charge >= 0.3 is 6.97 Å². The first-order valence-corrected chi connectivity index (χ1v) is 11.4. The molecule has 0 saturated carbocycles. The molecule has 6 nitrogen and oxygen atoms in total. The summed E-state index contributed by atoms with van der Waals surface area (Å²) in [5, 5.41) is 0. The predicted molar refractivity (Wildman–Crippen MR) is 140 cm³/mol. The number of methoxy groups -OCH3 is 3. The van der Waals surface area contributed by atoms with Crippen LogP contribution in [0.3, 0.4) is 0 Å². The molecular formula is C27H26BF2N3O3. The topological polar surface area (TPSA) is 61.7 Å². The third kappa shape index (κ3) is 3.59. The molecule has 0 unspecified atom stereocenters. The molecule has 0 spiro atoms. The molecule has 0 fully saturated rings.